The molecule has 15 heavy (non-hydrogen) atoms. The summed E-state index contributed by atoms with van der Waals surface area (Å²) in [4.78, 5) is 4.33. The highest BCUT2D eigenvalue weighted by molar-refractivity contribution is 6.36. The van der Waals surface area contributed by atoms with E-state index in [9.17, 15) is 0 Å². The Morgan fingerprint density at radius 2 is 1.93 bits per heavy atom. The van der Waals surface area contributed by atoms with Gasteiger partial charge in [0.2, 0.25) is 0 Å². The molecule has 0 bridgehead atoms. The molecule has 78 valence electrons. The lowest BCUT2D eigenvalue weighted by Gasteiger charge is -2.08. The van der Waals surface area contributed by atoms with Crippen LogP contribution in [-0.2, 0) is 0 Å². The first-order valence-electron chi connectivity index (χ1n) is 4.73. The minimum Gasteiger partial charge on any atom is -0.496 e. The van der Waals surface area contributed by atoms with Crippen LogP contribution >= 0.6 is 11.6 Å². The lowest BCUT2D eigenvalue weighted by Crippen LogP contribution is -1.90. The second-order valence-electron chi connectivity index (χ2n) is 3.59. The fraction of sp³-hybridized carbons (Fsp3) is 0.250. The number of ether oxygens (including phenoxy) is 1. The van der Waals surface area contributed by atoms with Gasteiger partial charge in [-0.1, -0.05) is 11.6 Å². The van der Waals surface area contributed by atoms with E-state index in [0.29, 0.717) is 0 Å². The molecule has 0 amide bonds. The molecular formula is C12H12ClNO. The molecule has 0 aliphatic heterocycles. The fourth-order valence-electron chi connectivity index (χ4n) is 1.62. The minimum absolute atomic E-state index is 0.769. The third kappa shape index (κ3) is 1.65. The SMILES string of the molecule is COc1cc2ncc(C)c(Cl)c2cc1C. The molecule has 1 aromatic carbocycles. The van der Waals surface area contributed by atoms with E-state index in [0.717, 1.165) is 32.8 Å². The first kappa shape index (κ1) is 10.2. The minimum atomic E-state index is 0.769. The van der Waals surface area contributed by atoms with Crippen LogP contribution in [0.1, 0.15) is 11.1 Å². The van der Waals surface area contributed by atoms with Gasteiger partial charge in [-0.3, -0.25) is 4.98 Å². The number of pyridine rings is 1. The van der Waals surface area contributed by atoms with Crippen LogP contribution in [0.5, 0.6) is 5.75 Å². The van der Waals surface area contributed by atoms with E-state index in [1.807, 2.05) is 26.0 Å². The van der Waals surface area contributed by atoms with E-state index in [2.05, 4.69) is 4.98 Å². The molecule has 1 aromatic heterocycles. The average molecular weight is 222 g/mol. The Hall–Kier alpha value is -1.28. The molecule has 3 heteroatoms. The van der Waals surface area contributed by atoms with E-state index in [1.165, 1.54) is 0 Å². The Bertz CT molecular complexity index is 523. The predicted molar refractivity (Wildman–Crippen MR) is 62.8 cm³/mol. The third-order valence-electron chi connectivity index (χ3n) is 2.49. The molecule has 0 radical (unpaired) electrons. The van der Waals surface area contributed by atoms with Crippen LogP contribution in [0.2, 0.25) is 5.02 Å². The molecule has 2 aromatic rings. The van der Waals surface area contributed by atoms with Gasteiger partial charge in [0.1, 0.15) is 5.75 Å². The smallest absolute Gasteiger partial charge is 0.123 e. The van der Waals surface area contributed by atoms with Gasteiger partial charge in [-0.2, -0.15) is 0 Å². The Kier molecular flexibility index (Phi) is 2.53. The molecule has 1 heterocycles. The van der Waals surface area contributed by atoms with Crippen molar-refractivity contribution in [3.05, 3.63) is 34.5 Å². The summed E-state index contributed by atoms with van der Waals surface area (Å²) in [5.41, 5.74) is 2.93. The Balaban J connectivity index is 2.81. The summed E-state index contributed by atoms with van der Waals surface area (Å²) in [6.45, 7) is 3.95. The molecular weight excluding hydrogens is 210 g/mol. The number of nitrogens with zero attached hydrogens (tertiary/aromatic N) is 1. The fourth-order valence-corrected chi connectivity index (χ4v) is 1.82. The number of rotatable bonds is 1. The van der Waals surface area contributed by atoms with Crippen LogP contribution < -0.4 is 4.74 Å². The number of hydrogen-bond acceptors (Lipinski definition) is 2. The van der Waals surface area contributed by atoms with Crippen LogP contribution in [0, 0.1) is 13.8 Å². The van der Waals surface area contributed by atoms with Crippen molar-refractivity contribution in [1.82, 2.24) is 4.98 Å². The Labute approximate surface area is 93.8 Å². The van der Waals surface area contributed by atoms with E-state index in [4.69, 9.17) is 16.3 Å². The van der Waals surface area contributed by atoms with E-state index in [1.54, 1.807) is 13.3 Å². The van der Waals surface area contributed by atoms with Crippen molar-refractivity contribution in [3.8, 4) is 5.75 Å². The second kappa shape index (κ2) is 3.70. The first-order valence-corrected chi connectivity index (χ1v) is 5.10. The van der Waals surface area contributed by atoms with E-state index in [-0.39, 0.29) is 0 Å². The van der Waals surface area contributed by atoms with Crippen molar-refractivity contribution in [2.75, 3.05) is 7.11 Å². The lowest BCUT2D eigenvalue weighted by atomic mass is 10.1. The topological polar surface area (TPSA) is 22.1 Å². The molecule has 0 atom stereocenters. The maximum Gasteiger partial charge on any atom is 0.123 e. The second-order valence-corrected chi connectivity index (χ2v) is 3.97. The van der Waals surface area contributed by atoms with Crippen LogP contribution in [-0.4, -0.2) is 12.1 Å². The van der Waals surface area contributed by atoms with Crippen LogP contribution in [0.3, 0.4) is 0 Å². The average Bonchev–Trinajstić information content (AvgIpc) is 2.24. The highest BCUT2D eigenvalue weighted by atomic mass is 35.5. The van der Waals surface area contributed by atoms with Gasteiger partial charge >= 0.3 is 0 Å². The largest absolute Gasteiger partial charge is 0.496 e. The van der Waals surface area contributed by atoms with Gasteiger partial charge in [0.05, 0.1) is 17.6 Å². The quantitative estimate of drug-likeness (QED) is 0.735. The Morgan fingerprint density at radius 1 is 1.20 bits per heavy atom. The zero-order valence-corrected chi connectivity index (χ0v) is 9.72. The van der Waals surface area contributed by atoms with Gasteiger partial charge in [-0.05, 0) is 31.0 Å². The molecule has 0 saturated heterocycles. The lowest BCUT2D eigenvalue weighted by molar-refractivity contribution is 0.412. The summed E-state index contributed by atoms with van der Waals surface area (Å²) in [7, 11) is 1.66. The molecule has 0 unspecified atom stereocenters. The zero-order valence-electron chi connectivity index (χ0n) is 8.97. The van der Waals surface area contributed by atoms with Gasteiger partial charge < -0.3 is 4.74 Å². The zero-order chi connectivity index (χ0) is 11.0. The van der Waals surface area contributed by atoms with Crippen molar-refractivity contribution in [1.29, 1.82) is 0 Å². The van der Waals surface area contributed by atoms with Gasteiger partial charge in [0.25, 0.3) is 0 Å². The molecule has 0 aliphatic carbocycles. The standard InChI is InChI=1S/C12H12ClNO/c1-7-4-9-10(5-11(7)15-3)14-6-8(2)12(9)13/h4-6H,1-3H3. The summed E-state index contributed by atoms with van der Waals surface area (Å²) in [5.74, 6) is 0.843. The summed E-state index contributed by atoms with van der Waals surface area (Å²) < 4.78 is 5.24. The number of benzene rings is 1. The molecule has 0 N–H and O–H groups in total. The number of aryl methyl sites for hydroxylation is 2. The molecule has 2 nitrogen and oxygen atoms in total. The van der Waals surface area contributed by atoms with Crippen molar-refractivity contribution >= 4 is 22.5 Å². The highest BCUT2D eigenvalue weighted by Crippen LogP contribution is 2.30. The number of aromatic nitrogens is 1. The van der Waals surface area contributed by atoms with Gasteiger partial charge in [0.15, 0.2) is 0 Å². The maximum atomic E-state index is 6.21. The van der Waals surface area contributed by atoms with Gasteiger partial charge in [0, 0.05) is 17.6 Å². The molecule has 0 fully saturated rings. The summed E-state index contributed by atoms with van der Waals surface area (Å²) >= 11 is 6.21. The normalized spacial score (nSPS) is 10.7. The van der Waals surface area contributed by atoms with Crippen LogP contribution in [0.15, 0.2) is 18.3 Å². The highest BCUT2D eigenvalue weighted by Gasteiger charge is 2.07. The van der Waals surface area contributed by atoms with Crippen LogP contribution in [0.25, 0.3) is 10.9 Å². The molecule has 2 rings (SSSR count). The summed E-state index contributed by atoms with van der Waals surface area (Å²) in [5, 5.41) is 1.75. The number of hydrogen-bond donors (Lipinski definition) is 0. The van der Waals surface area contributed by atoms with Gasteiger partial charge in [-0.15, -0.1) is 0 Å². The third-order valence-corrected chi connectivity index (χ3v) is 2.99. The van der Waals surface area contributed by atoms with E-state index < -0.39 is 0 Å². The maximum absolute atomic E-state index is 6.21. The summed E-state index contributed by atoms with van der Waals surface area (Å²) in [6.07, 6.45) is 1.78. The van der Waals surface area contributed by atoms with E-state index >= 15 is 0 Å². The van der Waals surface area contributed by atoms with Crippen molar-refractivity contribution < 1.29 is 4.74 Å². The number of halogens is 1. The monoisotopic (exact) mass is 221 g/mol. The van der Waals surface area contributed by atoms with Crippen LogP contribution in [0.4, 0.5) is 0 Å². The van der Waals surface area contributed by atoms with Crippen molar-refractivity contribution in [2.24, 2.45) is 0 Å². The number of fused-ring (bicyclic) bond motifs is 1. The van der Waals surface area contributed by atoms with Crippen molar-refractivity contribution in [3.63, 3.8) is 0 Å². The van der Waals surface area contributed by atoms with Gasteiger partial charge in [-0.25, -0.2) is 0 Å². The summed E-state index contributed by atoms with van der Waals surface area (Å²) in [6, 6.07) is 3.92. The molecule has 0 spiro atoms. The first-order chi connectivity index (χ1) is 7.13. The van der Waals surface area contributed by atoms with Crippen molar-refractivity contribution in [2.45, 2.75) is 13.8 Å². The molecule has 0 aliphatic rings. The predicted octanol–water partition coefficient (Wildman–Crippen LogP) is 3.51. The molecule has 0 saturated carbocycles. The number of methoxy groups -OCH3 is 1. The Morgan fingerprint density at radius 3 is 2.60 bits per heavy atom.